The van der Waals surface area contributed by atoms with Gasteiger partial charge in [0.25, 0.3) is 5.56 Å². The van der Waals surface area contributed by atoms with E-state index in [0.717, 1.165) is 23.0 Å². The van der Waals surface area contributed by atoms with Gasteiger partial charge in [-0.2, -0.15) is 18.3 Å². The zero-order valence-corrected chi connectivity index (χ0v) is 15.1. The highest BCUT2D eigenvalue weighted by molar-refractivity contribution is 6.07. The summed E-state index contributed by atoms with van der Waals surface area (Å²) < 4.78 is 47.0. The van der Waals surface area contributed by atoms with Gasteiger partial charge in [0.05, 0.1) is 25.4 Å². The Morgan fingerprint density at radius 3 is 2.61 bits per heavy atom. The van der Waals surface area contributed by atoms with Crippen LogP contribution in [0.25, 0.3) is 21.8 Å². The van der Waals surface area contributed by atoms with E-state index < -0.39 is 11.7 Å². The second kappa shape index (κ2) is 6.40. The normalized spacial score (nSPS) is 12.0. The number of alkyl halides is 3. The Labute approximate surface area is 157 Å². The first-order chi connectivity index (χ1) is 13.3. The number of hydrogen-bond donors (Lipinski definition) is 0. The van der Waals surface area contributed by atoms with E-state index in [1.807, 2.05) is 12.1 Å². The van der Waals surface area contributed by atoms with Crippen molar-refractivity contribution in [2.45, 2.75) is 12.7 Å². The predicted octanol–water partition coefficient (Wildman–Crippen LogP) is 3.96. The number of rotatable bonds is 3. The number of benzene rings is 2. The first-order valence-electron chi connectivity index (χ1n) is 8.48. The van der Waals surface area contributed by atoms with Crippen molar-refractivity contribution >= 4 is 21.8 Å². The lowest BCUT2D eigenvalue weighted by atomic mass is 10.1. The topological polar surface area (TPSA) is 49.1 Å². The quantitative estimate of drug-likeness (QED) is 0.535. The summed E-state index contributed by atoms with van der Waals surface area (Å²) in [6.45, 7) is -0.0520. The molecule has 0 saturated carbocycles. The van der Waals surface area contributed by atoms with Gasteiger partial charge in [0.1, 0.15) is 11.3 Å². The molecule has 0 N–H and O–H groups in total. The SMILES string of the molecule is COc1ccc2c(c1)c1cnn(Cc3cccc(C(F)(F)F)c3)c(=O)c1n2C. The largest absolute Gasteiger partial charge is 0.497 e. The molecular formula is C20H16F3N3O2. The van der Waals surface area contributed by atoms with Gasteiger partial charge >= 0.3 is 6.18 Å². The van der Waals surface area contributed by atoms with Crippen molar-refractivity contribution < 1.29 is 17.9 Å². The van der Waals surface area contributed by atoms with Crippen LogP contribution in [-0.4, -0.2) is 21.5 Å². The molecule has 0 aliphatic rings. The summed E-state index contributed by atoms with van der Waals surface area (Å²) in [4.78, 5) is 13.0. The molecule has 0 bridgehead atoms. The first kappa shape index (κ1) is 18.1. The summed E-state index contributed by atoms with van der Waals surface area (Å²) in [6, 6.07) is 10.4. The molecule has 0 fully saturated rings. The Balaban J connectivity index is 1.84. The molecular weight excluding hydrogens is 371 g/mol. The molecule has 0 amide bonds. The molecule has 4 rings (SSSR count). The summed E-state index contributed by atoms with van der Waals surface area (Å²) in [7, 11) is 3.33. The second-order valence-electron chi connectivity index (χ2n) is 6.51. The molecule has 144 valence electrons. The molecule has 8 heteroatoms. The van der Waals surface area contributed by atoms with Gasteiger partial charge in [-0.25, -0.2) is 4.68 Å². The van der Waals surface area contributed by atoms with Gasteiger partial charge in [0.15, 0.2) is 0 Å². The lowest BCUT2D eigenvalue weighted by molar-refractivity contribution is -0.137. The van der Waals surface area contributed by atoms with Gasteiger partial charge in [-0.3, -0.25) is 4.79 Å². The van der Waals surface area contributed by atoms with E-state index in [9.17, 15) is 18.0 Å². The number of aromatic nitrogens is 3. The van der Waals surface area contributed by atoms with Crippen LogP contribution < -0.4 is 10.3 Å². The monoisotopic (exact) mass is 387 g/mol. The highest BCUT2D eigenvalue weighted by atomic mass is 19.4. The van der Waals surface area contributed by atoms with Gasteiger partial charge in [-0.1, -0.05) is 12.1 Å². The Morgan fingerprint density at radius 1 is 1.11 bits per heavy atom. The van der Waals surface area contributed by atoms with Gasteiger partial charge < -0.3 is 9.30 Å². The first-order valence-corrected chi connectivity index (χ1v) is 8.48. The van der Waals surface area contributed by atoms with Crippen molar-refractivity contribution in [3.05, 3.63) is 70.1 Å². The van der Waals surface area contributed by atoms with E-state index in [4.69, 9.17) is 4.74 Å². The van der Waals surface area contributed by atoms with Crippen molar-refractivity contribution in [1.82, 2.24) is 14.3 Å². The van der Waals surface area contributed by atoms with E-state index in [2.05, 4.69) is 5.10 Å². The van der Waals surface area contributed by atoms with Gasteiger partial charge in [0, 0.05) is 23.3 Å². The second-order valence-corrected chi connectivity index (χ2v) is 6.51. The van der Waals surface area contributed by atoms with E-state index in [1.54, 1.807) is 37.1 Å². The minimum absolute atomic E-state index is 0.0520. The van der Waals surface area contributed by atoms with Crippen LogP contribution in [0, 0.1) is 0 Å². The fourth-order valence-corrected chi connectivity index (χ4v) is 3.40. The molecule has 0 unspecified atom stereocenters. The third-order valence-electron chi connectivity index (χ3n) is 4.80. The zero-order chi connectivity index (χ0) is 20.1. The van der Waals surface area contributed by atoms with Crippen molar-refractivity contribution in [3.8, 4) is 5.75 Å². The molecule has 5 nitrogen and oxygen atoms in total. The standard InChI is InChI=1S/C20H16F3N3O2/c1-25-17-7-6-14(28-2)9-15(17)16-10-24-26(19(27)18(16)25)11-12-4-3-5-13(8-12)20(21,22)23/h3-10H,11H2,1-2H3. The smallest absolute Gasteiger partial charge is 0.416 e. The molecule has 0 spiro atoms. The van der Waals surface area contributed by atoms with Crippen LogP contribution in [0.15, 0.2) is 53.5 Å². The molecule has 0 saturated heterocycles. The summed E-state index contributed by atoms with van der Waals surface area (Å²) in [6.07, 6.45) is -2.88. The van der Waals surface area contributed by atoms with Crippen LogP contribution in [0.2, 0.25) is 0 Å². The Morgan fingerprint density at radius 2 is 1.89 bits per heavy atom. The highest BCUT2D eigenvalue weighted by Gasteiger charge is 2.30. The van der Waals surface area contributed by atoms with Gasteiger partial charge in [-0.05, 0) is 35.9 Å². The average Bonchev–Trinajstić information content (AvgIpc) is 2.96. The van der Waals surface area contributed by atoms with Crippen LogP contribution >= 0.6 is 0 Å². The fraction of sp³-hybridized carbons (Fsp3) is 0.200. The summed E-state index contributed by atoms with van der Waals surface area (Å²) in [5.41, 5.74) is 0.504. The Kier molecular flexibility index (Phi) is 4.14. The zero-order valence-electron chi connectivity index (χ0n) is 15.1. The molecule has 0 aliphatic carbocycles. The third-order valence-corrected chi connectivity index (χ3v) is 4.80. The lowest BCUT2D eigenvalue weighted by Gasteiger charge is -2.10. The molecule has 2 heterocycles. The molecule has 0 radical (unpaired) electrons. The third kappa shape index (κ3) is 2.90. The fourth-order valence-electron chi connectivity index (χ4n) is 3.40. The van der Waals surface area contributed by atoms with Crippen LogP contribution in [0.4, 0.5) is 13.2 Å². The van der Waals surface area contributed by atoms with E-state index in [0.29, 0.717) is 22.2 Å². The van der Waals surface area contributed by atoms with Crippen molar-refractivity contribution in [2.75, 3.05) is 7.11 Å². The van der Waals surface area contributed by atoms with Crippen LogP contribution in [0.5, 0.6) is 5.75 Å². The number of methoxy groups -OCH3 is 1. The predicted molar refractivity (Wildman–Crippen MR) is 99.6 cm³/mol. The maximum atomic E-state index is 13.0. The molecule has 2 aromatic heterocycles. The number of fused-ring (bicyclic) bond motifs is 3. The van der Waals surface area contributed by atoms with E-state index in [1.165, 1.54) is 10.7 Å². The maximum Gasteiger partial charge on any atom is 0.416 e. The van der Waals surface area contributed by atoms with Crippen LogP contribution in [0.3, 0.4) is 0 Å². The number of aryl methyl sites for hydroxylation is 1. The van der Waals surface area contributed by atoms with Crippen LogP contribution in [-0.2, 0) is 19.8 Å². The van der Waals surface area contributed by atoms with E-state index in [-0.39, 0.29) is 12.1 Å². The molecule has 0 atom stereocenters. The van der Waals surface area contributed by atoms with Gasteiger partial charge in [-0.15, -0.1) is 0 Å². The summed E-state index contributed by atoms with van der Waals surface area (Å²) in [5.74, 6) is 0.660. The highest BCUT2D eigenvalue weighted by Crippen LogP contribution is 2.30. The average molecular weight is 387 g/mol. The van der Waals surface area contributed by atoms with Crippen molar-refractivity contribution in [1.29, 1.82) is 0 Å². The minimum Gasteiger partial charge on any atom is -0.497 e. The molecule has 2 aromatic carbocycles. The number of nitrogens with zero attached hydrogens (tertiary/aromatic N) is 3. The van der Waals surface area contributed by atoms with Crippen molar-refractivity contribution in [3.63, 3.8) is 0 Å². The maximum absolute atomic E-state index is 13.0. The van der Waals surface area contributed by atoms with Crippen LogP contribution in [0.1, 0.15) is 11.1 Å². The Hall–Kier alpha value is -3.29. The summed E-state index contributed by atoms with van der Waals surface area (Å²) in [5, 5.41) is 5.68. The summed E-state index contributed by atoms with van der Waals surface area (Å²) >= 11 is 0. The van der Waals surface area contributed by atoms with E-state index >= 15 is 0 Å². The lowest BCUT2D eigenvalue weighted by Crippen LogP contribution is -2.24. The van der Waals surface area contributed by atoms with Crippen molar-refractivity contribution in [2.24, 2.45) is 7.05 Å². The number of halogens is 3. The number of hydrogen-bond acceptors (Lipinski definition) is 3. The molecule has 4 aromatic rings. The number of ether oxygens (including phenoxy) is 1. The minimum atomic E-state index is -4.44. The molecule has 0 aliphatic heterocycles. The molecule has 28 heavy (non-hydrogen) atoms. The Bertz CT molecular complexity index is 1260. The van der Waals surface area contributed by atoms with Gasteiger partial charge in [0.2, 0.25) is 0 Å².